The highest BCUT2D eigenvalue weighted by Crippen LogP contribution is 2.15. The average Bonchev–Trinajstić information content (AvgIpc) is 2.41. The van der Waals surface area contributed by atoms with Crippen LogP contribution in [0.4, 0.5) is 10.5 Å². The fourth-order valence-electron chi connectivity index (χ4n) is 1.59. The molecule has 1 rings (SSSR count). The minimum atomic E-state index is -0.161. The van der Waals surface area contributed by atoms with Gasteiger partial charge >= 0.3 is 6.03 Å². The van der Waals surface area contributed by atoms with E-state index in [1.54, 1.807) is 20.3 Å². The number of carbonyl (C=O) groups is 1. The molecule has 8 heteroatoms. The first-order valence-corrected chi connectivity index (χ1v) is 7.57. The normalized spacial score (nSPS) is 10.6. The van der Waals surface area contributed by atoms with Gasteiger partial charge in [-0.1, -0.05) is 13.8 Å². The lowest BCUT2D eigenvalue weighted by atomic mass is 10.2. The van der Waals surface area contributed by atoms with E-state index in [-0.39, 0.29) is 11.6 Å². The Balaban J connectivity index is 2.59. The lowest BCUT2D eigenvalue weighted by Crippen LogP contribution is -2.37. The van der Waals surface area contributed by atoms with Gasteiger partial charge in [-0.05, 0) is 21.8 Å². The summed E-state index contributed by atoms with van der Waals surface area (Å²) in [6, 6.07) is -0.152. The van der Waals surface area contributed by atoms with Gasteiger partial charge < -0.3 is 15.5 Å². The monoisotopic (exact) mass is 359 g/mol. The molecule has 0 unspecified atom stereocenters. The van der Waals surface area contributed by atoms with Crippen molar-refractivity contribution in [3.63, 3.8) is 0 Å². The Bertz CT molecular complexity index is 542. The summed E-state index contributed by atoms with van der Waals surface area (Å²) < 4.78 is 1.89. The van der Waals surface area contributed by atoms with Crippen LogP contribution < -0.4 is 16.2 Å². The first-order chi connectivity index (χ1) is 9.82. The average molecular weight is 360 g/mol. The SMILES string of the molecule is CC(C)Cn1ncc(NCCNC(=O)N(C)C)c(Br)c1=O. The van der Waals surface area contributed by atoms with Crippen molar-refractivity contribution in [3.05, 3.63) is 21.0 Å². The van der Waals surface area contributed by atoms with E-state index < -0.39 is 0 Å². The smallest absolute Gasteiger partial charge is 0.316 e. The summed E-state index contributed by atoms with van der Waals surface area (Å²) in [5, 5.41) is 9.94. The maximum absolute atomic E-state index is 12.1. The van der Waals surface area contributed by atoms with Crippen molar-refractivity contribution in [2.75, 3.05) is 32.5 Å². The number of urea groups is 1. The number of hydrogen-bond donors (Lipinski definition) is 2. The highest BCUT2D eigenvalue weighted by molar-refractivity contribution is 9.10. The predicted octanol–water partition coefficient (Wildman–Crippen LogP) is 1.34. The zero-order chi connectivity index (χ0) is 16.0. The van der Waals surface area contributed by atoms with E-state index in [4.69, 9.17) is 0 Å². The maximum Gasteiger partial charge on any atom is 0.316 e. The summed E-state index contributed by atoms with van der Waals surface area (Å²) >= 11 is 3.29. The van der Waals surface area contributed by atoms with Gasteiger partial charge in [0.1, 0.15) is 4.47 Å². The van der Waals surface area contributed by atoms with Crippen molar-refractivity contribution in [1.29, 1.82) is 0 Å². The first kappa shape index (κ1) is 17.5. The predicted molar refractivity (Wildman–Crippen MR) is 86.6 cm³/mol. The lowest BCUT2D eigenvalue weighted by molar-refractivity contribution is 0.218. The molecule has 0 aromatic carbocycles. The van der Waals surface area contributed by atoms with Crippen LogP contribution in [0.15, 0.2) is 15.5 Å². The van der Waals surface area contributed by atoms with Gasteiger partial charge in [0.05, 0.1) is 11.9 Å². The summed E-state index contributed by atoms with van der Waals surface area (Å²) in [6.45, 7) is 5.60. The molecule has 0 spiro atoms. The van der Waals surface area contributed by atoms with Crippen LogP contribution in [0.5, 0.6) is 0 Å². The van der Waals surface area contributed by atoms with Crippen LogP contribution in [0.25, 0.3) is 0 Å². The second kappa shape index (κ2) is 8.02. The molecule has 0 saturated carbocycles. The third kappa shape index (κ3) is 5.37. The molecule has 1 aromatic heterocycles. The van der Waals surface area contributed by atoms with E-state index >= 15 is 0 Å². The quantitative estimate of drug-likeness (QED) is 0.751. The van der Waals surface area contributed by atoms with Crippen molar-refractivity contribution < 1.29 is 4.79 Å². The number of rotatable bonds is 6. The molecular weight excluding hydrogens is 338 g/mol. The molecule has 2 amide bonds. The van der Waals surface area contributed by atoms with Gasteiger partial charge in [0, 0.05) is 33.7 Å². The van der Waals surface area contributed by atoms with Gasteiger partial charge in [-0.15, -0.1) is 0 Å². The second-order valence-electron chi connectivity index (χ2n) is 5.31. The van der Waals surface area contributed by atoms with Gasteiger partial charge in [-0.25, -0.2) is 9.48 Å². The molecule has 0 aliphatic carbocycles. The molecule has 0 radical (unpaired) electrons. The van der Waals surface area contributed by atoms with E-state index in [0.29, 0.717) is 35.7 Å². The number of amides is 2. The summed E-state index contributed by atoms with van der Waals surface area (Å²) in [7, 11) is 3.36. The number of nitrogens with zero attached hydrogens (tertiary/aromatic N) is 3. The first-order valence-electron chi connectivity index (χ1n) is 6.77. The summed E-state index contributed by atoms with van der Waals surface area (Å²) in [5.41, 5.74) is 0.463. The van der Waals surface area contributed by atoms with E-state index in [1.165, 1.54) is 9.58 Å². The van der Waals surface area contributed by atoms with Crippen molar-refractivity contribution in [3.8, 4) is 0 Å². The third-order valence-corrected chi connectivity index (χ3v) is 3.41. The largest absolute Gasteiger partial charge is 0.381 e. The molecule has 0 saturated heterocycles. The van der Waals surface area contributed by atoms with Crippen LogP contribution in [-0.4, -0.2) is 47.9 Å². The minimum Gasteiger partial charge on any atom is -0.381 e. The van der Waals surface area contributed by atoms with Crippen LogP contribution in [0.1, 0.15) is 13.8 Å². The molecular formula is C13H22BrN5O2. The van der Waals surface area contributed by atoms with Crippen LogP contribution >= 0.6 is 15.9 Å². The summed E-state index contributed by atoms with van der Waals surface area (Å²) in [5.74, 6) is 0.349. The molecule has 7 nitrogen and oxygen atoms in total. The maximum atomic E-state index is 12.1. The molecule has 0 fully saturated rings. The third-order valence-electron chi connectivity index (χ3n) is 2.65. The minimum absolute atomic E-state index is 0.152. The Morgan fingerprint density at radius 3 is 2.67 bits per heavy atom. The van der Waals surface area contributed by atoms with Crippen molar-refractivity contribution in [2.45, 2.75) is 20.4 Å². The van der Waals surface area contributed by atoms with E-state index in [1.807, 2.05) is 13.8 Å². The molecule has 21 heavy (non-hydrogen) atoms. The van der Waals surface area contributed by atoms with Crippen LogP contribution in [-0.2, 0) is 6.54 Å². The van der Waals surface area contributed by atoms with E-state index in [2.05, 4.69) is 31.7 Å². The lowest BCUT2D eigenvalue weighted by Gasteiger charge is -2.14. The molecule has 0 atom stereocenters. The van der Waals surface area contributed by atoms with Gasteiger partial charge in [-0.3, -0.25) is 4.79 Å². The molecule has 1 heterocycles. The van der Waals surface area contributed by atoms with Crippen molar-refractivity contribution in [1.82, 2.24) is 20.0 Å². The van der Waals surface area contributed by atoms with Gasteiger partial charge in [0.25, 0.3) is 5.56 Å². The standard InChI is InChI=1S/C13H22BrN5O2/c1-9(2)8-19-12(20)11(14)10(7-17-19)15-5-6-16-13(21)18(3)4/h7,9,15H,5-6,8H2,1-4H3,(H,16,21). The van der Waals surface area contributed by atoms with Gasteiger partial charge in [-0.2, -0.15) is 5.10 Å². The summed E-state index contributed by atoms with van der Waals surface area (Å²) in [6.07, 6.45) is 1.61. The highest BCUT2D eigenvalue weighted by Gasteiger charge is 2.09. The Hall–Kier alpha value is -1.57. The van der Waals surface area contributed by atoms with Gasteiger partial charge in [0.2, 0.25) is 0 Å². The summed E-state index contributed by atoms with van der Waals surface area (Å²) in [4.78, 5) is 24.9. The Morgan fingerprint density at radius 2 is 2.10 bits per heavy atom. The molecule has 1 aromatic rings. The van der Waals surface area contributed by atoms with E-state index in [9.17, 15) is 9.59 Å². The van der Waals surface area contributed by atoms with Crippen LogP contribution in [0.3, 0.4) is 0 Å². The number of nitrogens with one attached hydrogen (secondary N) is 2. The Morgan fingerprint density at radius 1 is 1.43 bits per heavy atom. The Labute approximate surface area is 132 Å². The van der Waals surface area contributed by atoms with Crippen molar-refractivity contribution >= 4 is 27.6 Å². The van der Waals surface area contributed by atoms with E-state index in [0.717, 1.165) is 0 Å². The highest BCUT2D eigenvalue weighted by atomic mass is 79.9. The topological polar surface area (TPSA) is 79.3 Å². The molecule has 0 bridgehead atoms. The number of halogens is 1. The van der Waals surface area contributed by atoms with Crippen LogP contribution in [0.2, 0.25) is 0 Å². The number of carbonyl (C=O) groups excluding carboxylic acids is 1. The zero-order valence-electron chi connectivity index (χ0n) is 12.8. The molecule has 0 aliphatic heterocycles. The number of aromatic nitrogens is 2. The molecule has 118 valence electrons. The second-order valence-corrected chi connectivity index (χ2v) is 6.10. The molecule has 0 aliphatic rings. The fourth-order valence-corrected chi connectivity index (χ4v) is 2.04. The van der Waals surface area contributed by atoms with Crippen molar-refractivity contribution in [2.24, 2.45) is 5.92 Å². The Kier molecular flexibility index (Phi) is 6.67. The fraction of sp³-hybridized carbons (Fsp3) is 0.615. The number of anilines is 1. The van der Waals surface area contributed by atoms with Crippen LogP contribution in [0, 0.1) is 5.92 Å². The zero-order valence-corrected chi connectivity index (χ0v) is 14.4. The molecule has 2 N–H and O–H groups in total. The number of hydrogen-bond acceptors (Lipinski definition) is 4. The van der Waals surface area contributed by atoms with Gasteiger partial charge in [0.15, 0.2) is 0 Å².